The lowest BCUT2D eigenvalue weighted by Crippen LogP contribution is -2.36. The summed E-state index contributed by atoms with van der Waals surface area (Å²) in [4.78, 5) is 56.0. The Morgan fingerprint density at radius 1 is 0.742 bits per heavy atom. The molecule has 2 aromatic carbocycles. The van der Waals surface area contributed by atoms with Crippen LogP contribution in [-0.4, -0.2) is 127 Å². The van der Waals surface area contributed by atoms with Gasteiger partial charge in [-0.15, -0.1) is 0 Å². The standard InChI is InChI=1S/C23H26N6O2.C14H19N3O2.C11H16N4O/c1-15-20(16(2)29-10-9-24-22(30)21(15)29)19-7-8-25-23(27-19)26-17-3-5-18(6-4-17)28-11-13-31-14-12-28;1-9-12(11(18)5-7-16(3)4)10(2)17-8-6-15-14(19)13(9)17;12-11(13)14-9-1-3-10(4-2-9)15-5-7-16-8-6-15/h3-8H,9-14H2,1-2H3,(H,24,30)(H,25,26,27);5,7H,6,8H2,1-4H3,(H,15,19);1-4H,5-8H2,(H4,12,13,14)/b;7-5+;. The molecule has 0 aliphatic carbocycles. The van der Waals surface area contributed by atoms with Gasteiger partial charge in [-0.25, -0.2) is 15.0 Å². The van der Waals surface area contributed by atoms with E-state index >= 15 is 0 Å². The summed E-state index contributed by atoms with van der Waals surface area (Å²) in [6.07, 6.45) is 5.01. The molecule has 2 amide bonds. The third-order valence-corrected chi connectivity index (χ3v) is 11.9. The van der Waals surface area contributed by atoms with Gasteiger partial charge in [-0.2, -0.15) is 0 Å². The average molecular weight is 900 g/mol. The van der Waals surface area contributed by atoms with E-state index in [0.29, 0.717) is 30.3 Å². The first-order valence-corrected chi connectivity index (χ1v) is 22.2. The number of ether oxygens (including phenoxy) is 2. The number of amides is 2. The van der Waals surface area contributed by atoms with Gasteiger partial charge in [0.1, 0.15) is 11.4 Å². The van der Waals surface area contributed by atoms with E-state index in [-0.39, 0.29) is 23.6 Å². The van der Waals surface area contributed by atoms with Crippen molar-refractivity contribution in [3.8, 4) is 11.3 Å². The van der Waals surface area contributed by atoms with Gasteiger partial charge >= 0.3 is 0 Å². The number of morpholine rings is 2. The maximum absolute atomic E-state index is 12.4. The number of hydrogen-bond acceptors (Lipinski definition) is 12. The molecule has 0 radical (unpaired) electrons. The summed E-state index contributed by atoms with van der Waals surface area (Å²) < 4.78 is 14.7. The molecule has 0 saturated carbocycles. The summed E-state index contributed by atoms with van der Waals surface area (Å²) in [5, 5.41) is 9.04. The molecule has 7 heterocycles. The molecule has 0 unspecified atom stereocenters. The van der Waals surface area contributed by atoms with Gasteiger partial charge in [0.15, 0.2) is 11.7 Å². The van der Waals surface area contributed by atoms with Crippen molar-refractivity contribution in [2.75, 3.05) is 94.9 Å². The van der Waals surface area contributed by atoms with Crippen molar-refractivity contribution in [1.29, 1.82) is 0 Å². The van der Waals surface area contributed by atoms with Crippen LogP contribution in [0.5, 0.6) is 0 Å². The molecule has 0 bridgehead atoms. The second-order valence-corrected chi connectivity index (χ2v) is 16.5. The van der Waals surface area contributed by atoms with Crippen LogP contribution in [0.4, 0.5) is 28.7 Å². The van der Waals surface area contributed by atoms with E-state index < -0.39 is 0 Å². The minimum Gasteiger partial charge on any atom is -0.383 e. The Balaban J connectivity index is 0.000000159. The van der Waals surface area contributed by atoms with Crippen LogP contribution < -0.4 is 37.2 Å². The van der Waals surface area contributed by atoms with Crippen LogP contribution in [0.15, 0.2) is 78.1 Å². The second kappa shape index (κ2) is 21.2. The SMILES string of the molecule is Cc1c(-c2ccnc(Nc3ccc(N4CCOCC4)cc3)n2)c(C)n2c1C(=O)NCC2.Cc1c(C(=O)/C=C/N(C)C)c(C)n2c1C(=O)NCC2.NC(N)=Nc1ccc(N2CCOCC2)cc1. The van der Waals surface area contributed by atoms with Crippen molar-refractivity contribution in [3.05, 3.63) is 113 Å². The molecule has 348 valence electrons. The van der Waals surface area contributed by atoms with Crippen molar-refractivity contribution in [3.63, 3.8) is 0 Å². The van der Waals surface area contributed by atoms with Crippen molar-refractivity contribution < 1.29 is 23.9 Å². The van der Waals surface area contributed by atoms with Gasteiger partial charge < -0.3 is 60.7 Å². The molecule has 2 fully saturated rings. The molecule has 3 aromatic heterocycles. The predicted molar refractivity (Wildman–Crippen MR) is 258 cm³/mol. The number of nitrogens with one attached hydrogen (secondary N) is 3. The zero-order chi connectivity index (χ0) is 46.9. The number of benzene rings is 2. The van der Waals surface area contributed by atoms with E-state index in [1.165, 1.54) is 11.4 Å². The molecular formula is C48H61N13O5. The smallest absolute Gasteiger partial charge is 0.268 e. The number of hydrogen-bond donors (Lipinski definition) is 5. The lowest BCUT2D eigenvalue weighted by Gasteiger charge is -2.28. The number of anilines is 4. The molecule has 18 heteroatoms. The maximum atomic E-state index is 12.4. The quantitative estimate of drug-likeness (QED) is 0.0601. The fraction of sp³-hybridized carbons (Fsp3) is 0.375. The molecule has 0 atom stereocenters. The van der Waals surface area contributed by atoms with Crippen molar-refractivity contribution >= 4 is 52.3 Å². The summed E-state index contributed by atoms with van der Waals surface area (Å²) in [5.74, 6) is 0.440. The van der Waals surface area contributed by atoms with Crippen LogP contribution >= 0.6 is 0 Å². The molecule has 4 aliphatic rings. The first-order valence-electron chi connectivity index (χ1n) is 22.2. The number of nitrogens with zero attached hydrogens (tertiary/aromatic N) is 8. The van der Waals surface area contributed by atoms with Gasteiger partial charge in [-0.05, 0) is 93.4 Å². The number of aliphatic imine (C=N–C) groups is 1. The van der Waals surface area contributed by atoms with E-state index in [2.05, 4.69) is 52.4 Å². The third kappa shape index (κ3) is 10.8. The number of carbonyl (C=O) groups is 3. The summed E-state index contributed by atoms with van der Waals surface area (Å²) in [6.45, 7) is 17.3. The number of nitrogens with two attached hydrogens (primary N) is 2. The monoisotopic (exact) mass is 899 g/mol. The highest BCUT2D eigenvalue weighted by Gasteiger charge is 2.28. The van der Waals surface area contributed by atoms with Gasteiger partial charge in [0.2, 0.25) is 5.95 Å². The second-order valence-electron chi connectivity index (χ2n) is 16.5. The molecule has 0 spiro atoms. The Hall–Kier alpha value is -7.18. The summed E-state index contributed by atoms with van der Waals surface area (Å²) in [5.41, 5.74) is 22.1. The number of fused-ring (bicyclic) bond motifs is 2. The number of allylic oxidation sites excluding steroid dienone is 1. The van der Waals surface area contributed by atoms with E-state index in [1.54, 1.807) is 18.5 Å². The van der Waals surface area contributed by atoms with E-state index in [0.717, 1.165) is 117 Å². The molecule has 9 rings (SSSR count). The van der Waals surface area contributed by atoms with Gasteiger partial charge in [-0.3, -0.25) is 14.4 Å². The van der Waals surface area contributed by atoms with Crippen LogP contribution in [0.1, 0.15) is 53.8 Å². The minimum atomic E-state index is -0.0949. The Morgan fingerprint density at radius 2 is 1.27 bits per heavy atom. The number of guanidine groups is 1. The fourth-order valence-corrected chi connectivity index (χ4v) is 8.68. The van der Waals surface area contributed by atoms with Crippen LogP contribution in [0.2, 0.25) is 0 Å². The summed E-state index contributed by atoms with van der Waals surface area (Å²) in [6, 6.07) is 18.0. The van der Waals surface area contributed by atoms with E-state index in [4.69, 9.17) is 25.9 Å². The van der Waals surface area contributed by atoms with E-state index in [1.807, 2.05) is 93.7 Å². The van der Waals surface area contributed by atoms with Gasteiger partial charge in [0.05, 0.1) is 37.8 Å². The first kappa shape index (κ1) is 46.8. The van der Waals surface area contributed by atoms with Crippen LogP contribution in [0, 0.1) is 27.7 Å². The number of ketones is 1. The van der Waals surface area contributed by atoms with Gasteiger partial charge in [0.25, 0.3) is 11.8 Å². The predicted octanol–water partition coefficient (Wildman–Crippen LogP) is 4.42. The minimum absolute atomic E-state index is 0.0223. The zero-order valence-electron chi connectivity index (χ0n) is 38.7. The summed E-state index contributed by atoms with van der Waals surface area (Å²) in [7, 11) is 3.73. The van der Waals surface area contributed by atoms with Crippen LogP contribution in [0.25, 0.3) is 11.3 Å². The summed E-state index contributed by atoms with van der Waals surface area (Å²) >= 11 is 0. The largest absolute Gasteiger partial charge is 0.383 e. The van der Waals surface area contributed by atoms with Crippen molar-refractivity contribution in [2.45, 2.75) is 40.8 Å². The average Bonchev–Trinajstić information content (AvgIpc) is 3.74. The molecular weight excluding hydrogens is 839 g/mol. The fourth-order valence-electron chi connectivity index (χ4n) is 8.68. The lowest BCUT2D eigenvalue weighted by atomic mass is 10.1. The first-order chi connectivity index (χ1) is 31.8. The Bertz CT molecular complexity index is 2580. The molecule has 5 aromatic rings. The molecule has 7 N–H and O–H groups in total. The highest BCUT2D eigenvalue weighted by Crippen LogP contribution is 2.33. The maximum Gasteiger partial charge on any atom is 0.268 e. The zero-order valence-corrected chi connectivity index (χ0v) is 38.7. The lowest BCUT2D eigenvalue weighted by molar-refractivity contribution is 0.0918. The Kier molecular flexibility index (Phi) is 15.0. The highest BCUT2D eigenvalue weighted by atomic mass is 16.5. The van der Waals surface area contributed by atoms with Crippen LogP contribution in [-0.2, 0) is 22.6 Å². The number of aromatic nitrogens is 4. The van der Waals surface area contributed by atoms with Crippen LogP contribution in [0.3, 0.4) is 0 Å². The molecule has 66 heavy (non-hydrogen) atoms. The topological polar surface area (TPSA) is 216 Å². The normalized spacial score (nSPS) is 15.5. The van der Waals surface area contributed by atoms with Crippen molar-refractivity contribution in [2.24, 2.45) is 16.5 Å². The van der Waals surface area contributed by atoms with Gasteiger partial charge in [0, 0.05) is 125 Å². The van der Waals surface area contributed by atoms with E-state index in [9.17, 15) is 14.4 Å². The third-order valence-electron chi connectivity index (χ3n) is 11.9. The number of rotatable bonds is 9. The molecule has 18 nitrogen and oxygen atoms in total. The van der Waals surface area contributed by atoms with Crippen molar-refractivity contribution in [1.82, 2.24) is 34.6 Å². The molecule has 4 aliphatic heterocycles. The number of carbonyl (C=O) groups excluding carboxylic acids is 3. The molecule has 2 saturated heterocycles. The Morgan fingerprint density at radius 3 is 1.79 bits per heavy atom. The van der Waals surface area contributed by atoms with Gasteiger partial charge in [-0.1, -0.05) is 0 Å². The highest BCUT2D eigenvalue weighted by molar-refractivity contribution is 6.09. The Labute approximate surface area is 385 Å².